The Balaban J connectivity index is 5.20. The molecule has 101 heavy (non-hydrogen) atoms. The fraction of sp³-hybridized carbons (Fsp3) is 0.951. The minimum Gasteiger partial charge on any atom is -0.462 e. The van der Waals surface area contributed by atoms with Gasteiger partial charge in [0.2, 0.25) is 0 Å². The Bertz CT molecular complexity index is 1960. The van der Waals surface area contributed by atoms with Crippen LogP contribution in [0.1, 0.15) is 427 Å². The number of carbonyl (C=O) groups excluding carboxylic acids is 4. The first-order valence-corrected chi connectivity index (χ1v) is 45.4. The third kappa shape index (κ3) is 73.4. The Morgan fingerprint density at radius 2 is 0.505 bits per heavy atom. The zero-order chi connectivity index (χ0) is 74.4. The predicted molar refractivity (Wildman–Crippen MR) is 414 cm³/mol. The number of phosphoric acid groups is 2. The topological polar surface area (TPSA) is 237 Å². The fourth-order valence-corrected chi connectivity index (χ4v) is 14.2. The van der Waals surface area contributed by atoms with E-state index in [1.807, 2.05) is 0 Å². The van der Waals surface area contributed by atoms with Crippen LogP contribution in [-0.2, 0) is 65.4 Å². The fourth-order valence-electron chi connectivity index (χ4n) is 12.6. The number of phosphoric ester groups is 2. The number of ether oxygens (including phenoxy) is 4. The van der Waals surface area contributed by atoms with Gasteiger partial charge in [-0.05, 0) is 43.4 Å². The van der Waals surface area contributed by atoms with Crippen LogP contribution in [0, 0.1) is 17.8 Å². The Morgan fingerprint density at radius 1 is 0.287 bits per heavy atom. The zero-order valence-electron chi connectivity index (χ0n) is 66.4. The van der Waals surface area contributed by atoms with Crippen LogP contribution in [0.25, 0.3) is 0 Å². The van der Waals surface area contributed by atoms with E-state index in [0.717, 1.165) is 108 Å². The van der Waals surface area contributed by atoms with Crippen LogP contribution in [0.2, 0.25) is 0 Å². The molecule has 0 aliphatic carbocycles. The quantitative estimate of drug-likeness (QED) is 0.0222. The summed E-state index contributed by atoms with van der Waals surface area (Å²) in [6.45, 7) is 12.0. The van der Waals surface area contributed by atoms with Gasteiger partial charge in [0.1, 0.15) is 19.3 Å². The van der Waals surface area contributed by atoms with E-state index in [0.29, 0.717) is 31.6 Å². The molecule has 0 aromatic carbocycles. The summed E-state index contributed by atoms with van der Waals surface area (Å²) in [5.74, 6) is 0.315. The van der Waals surface area contributed by atoms with Crippen molar-refractivity contribution in [3.8, 4) is 0 Å². The third-order valence-electron chi connectivity index (χ3n) is 19.9. The maximum absolute atomic E-state index is 13.1. The summed E-state index contributed by atoms with van der Waals surface area (Å²) in [6.07, 6.45) is 61.1. The van der Waals surface area contributed by atoms with Crippen molar-refractivity contribution in [1.29, 1.82) is 0 Å². The number of aliphatic hydroxyl groups excluding tert-OH is 1. The van der Waals surface area contributed by atoms with Gasteiger partial charge in [0.05, 0.1) is 26.4 Å². The smallest absolute Gasteiger partial charge is 0.462 e. The van der Waals surface area contributed by atoms with Crippen LogP contribution in [0.4, 0.5) is 0 Å². The van der Waals surface area contributed by atoms with Crippen molar-refractivity contribution < 1.29 is 80.2 Å². The molecule has 0 aliphatic rings. The molecule has 0 heterocycles. The van der Waals surface area contributed by atoms with Crippen molar-refractivity contribution in [3.05, 3.63) is 0 Å². The normalized spacial score (nSPS) is 14.5. The summed E-state index contributed by atoms with van der Waals surface area (Å²) in [5.41, 5.74) is 0. The second-order valence-corrected chi connectivity index (χ2v) is 33.4. The summed E-state index contributed by atoms with van der Waals surface area (Å²) in [6, 6.07) is 0. The Morgan fingerprint density at radius 3 is 0.752 bits per heavy atom. The molecule has 7 atom stereocenters. The van der Waals surface area contributed by atoms with E-state index < -0.39 is 97.5 Å². The molecule has 0 aromatic rings. The number of aliphatic hydroxyl groups is 1. The lowest BCUT2D eigenvalue weighted by Gasteiger charge is -2.21. The van der Waals surface area contributed by atoms with Crippen molar-refractivity contribution in [2.24, 2.45) is 17.8 Å². The average molecular weight is 1480 g/mol. The molecule has 0 amide bonds. The molecular weight excluding hydrogens is 1320 g/mol. The molecular formula is C82H160O17P2. The van der Waals surface area contributed by atoms with Gasteiger partial charge >= 0.3 is 39.5 Å². The summed E-state index contributed by atoms with van der Waals surface area (Å²) in [4.78, 5) is 73.0. The molecule has 600 valence electrons. The summed E-state index contributed by atoms with van der Waals surface area (Å²) >= 11 is 0. The van der Waals surface area contributed by atoms with Gasteiger partial charge in [0, 0.05) is 25.7 Å². The number of esters is 4. The molecule has 0 saturated heterocycles. The van der Waals surface area contributed by atoms with Gasteiger partial charge in [-0.25, -0.2) is 9.13 Å². The van der Waals surface area contributed by atoms with Crippen LogP contribution in [0.5, 0.6) is 0 Å². The summed E-state index contributed by atoms with van der Waals surface area (Å²) in [7, 11) is -9.92. The Labute approximate surface area is 619 Å². The van der Waals surface area contributed by atoms with Gasteiger partial charge in [-0.3, -0.25) is 37.3 Å². The molecule has 0 aliphatic heterocycles. The number of hydrogen-bond acceptors (Lipinski definition) is 15. The van der Waals surface area contributed by atoms with E-state index in [1.165, 1.54) is 231 Å². The van der Waals surface area contributed by atoms with Crippen molar-refractivity contribution in [3.63, 3.8) is 0 Å². The van der Waals surface area contributed by atoms with Crippen LogP contribution < -0.4 is 0 Å². The van der Waals surface area contributed by atoms with Gasteiger partial charge < -0.3 is 33.8 Å². The zero-order valence-corrected chi connectivity index (χ0v) is 68.2. The van der Waals surface area contributed by atoms with E-state index in [2.05, 4.69) is 48.5 Å². The van der Waals surface area contributed by atoms with Gasteiger partial charge in [0.25, 0.3) is 0 Å². The number of rotatable bonds is 80. The van der Waals surface area contributed by atoms with Crippen LogP contribution >= 0.6 is 15.6 Å². The first-order valence-electron chi connectivity index (χ1n) is 42.4. The molecule has 4 unspecified atom stereocenters. The van der Waals surface area contributed by atoms with Crippen LogP contribution in [0.15, 0.2) is 0 Å². The standard InChI is InChI=1S/C82H160O17P2/c1-8-11-12-13-14-15-28-36-43-51-58-65-81(86)99-78(70-93-80(85)64-57-50-45-38-39-46-53-60-73(4)5)72-97-101(90,91)95-68-76(83)67-94-100(88,89)96-71-77(69-92-79(84)63-56-49-42-35-31-26-23-22-25-30-34-41-48-55-62-75(7)10-3)98-82(87)66-59-52-44-37-32-27-21-19-17-16-18-20-24-29-33-40-47-54-61-74(6)9-2/h73-78,83H,8-72H2,1-7H3,(H,88,89)(H,90,91)/t74?,75?,76-,77-,78-/m1/s1. The van der Waals surface area contributed by atoms with Crippen molar-refractivity contribution in [2.75, 3.05) is 39.6 Å². The third-order valence-corrected chi connectivity index (χ3v) is 21.8. The molecule has 0 rings (SSSR count). The molecule has 0 aromatic heterocycles. The van der Waals surface area contributed by atoms with Crippen molar-refractivity contribution in [1.82, 2.24) is 0 Å². The van der Waals surface area contributed by atoms with Crippen molar-refractivity contribution >= 4 is 39.5 Å². The maximum Gasteiger partial charge on any atom is 0.472 e. The SMILES string of the molecule is CCCCCCCCCCCCCC(=O)O[C@H](COC(=O)CCCCCCCCCC(C)C)COP(=O)(O)OC[C@H](O)COP(=O)(O)OC[C@@H](COC(=O)CCCCCCCCCCCCCCCCC(C)CC)OC(=O)CCCCCCCCCCCCCCCCCCCCC(C)CC. The number of unbranched alkanes of at least 4 members (excludes halogenated alkanes) is 46. The predicted octanol–water partition coefficient (Wildman–Crippen LogP) is 24.5. The van der Waals surface area contributed by atoms with E-state index in [-0.39, 0.29) is 25.7 Å². The molecule has 0 spiro atoms. The Kier molecular flexibility index (Phi) is 70.9. The highest BCUT2D eigenvalue weighted by molar-refractivity contribution is 7.47. The highest BCUT2D eigenvalue weighted by Gasteiger charge is 2.30. The van der Waals surface area contributed by atoms with Gasteiger partial charge in [-0.2, -0.15) is 0 Å². The first-order chi connectivity index (χ1) is 48.8. The lowest BCUT2D eigenvalue weighted by atomic mass is 9.99. The maximum atomic E-state index is 13.1. The lowest BCUT2D eigenvalue weighted by Crippen LogP contribution is -2.30. The minimum atomic E-state index is -4.96. The van der Waals surface area contributed by atoms with E-state index in [1.54, 1.807) is 0 Å². The monoisotopic (exact) mass is 1480 g/mol. The molecule has 19 heteroatoms. The highest BCUT2D eigenvalue weighted by Crippen LogP contribution is 2.45. The number of carbonyl (C=O) groups is 4. The Hall–Kier alpha value is -1.94. The van der Waals surface area contributed by atoms with E-state index in [4.69, 9.17) is 37.0 Å². The van der Waals surface area contributed by atoms with Gasteiger partial charge in [0.15, 0.2) is 12.2 Å². The second-order valence-electron chi connectivity index (χ2n) is 30.5. The van der Waals surface area contributed by atoms with Gasteiger partial charge in [-0.15, -0.1) is 0 Å². The van der Waals surface area contributed by atoms with Crippen LogP contribution in [-0.4, -0.2) is 96.7 Å². The summed E-state index contributed by atoms with van der Waals surface area (Å²) in [5, 5.41) is 10.6. The molecule has 0 fully saturated rings. The first kappa shape index (κ1) is 99.1. The summed E-state index contributed by atoms with van der Waals surface area (Å²) < 4.78 is 68.7. The lowest BCUT2D eigenvalue weighted by molar-refractivity contribution is -0.161. The largest absolute Gasteiger partial charge is 0.472 e. The van der Waals surface area contributed by atoms with Gasteiger partial charge in [-0.1, -0.05) is 376 Å². The number of hydrogen-bond donors (Lipinski definition) is 3. The molecule has 0 radical (unpaired) electrons. The second kappa shape index (κ2) is 72.3. The van der Waals surface area contributed by atoms with Crippen LogP contribution in [0.3, 0.4) is 0 Å². The molecule has 0 saturated carbocycles. The van der Waals surface area contributed by atoms with Crippen molar-refractivity contribution in [2.45, 2.75) is 446 Å². The highest BCUT2D eigenvalue weighted by atomic mass is 31.2. The molecule has 17 nitrogen and oxygen atoms in total. The average Bonchev–Trinajstić information content (AvgIpc) is 0.937. The van der Waals surface area contributed by atoms with E-state index in [9.17, 15) is 43.2 Å². The molecule has 0 bridgehead atoms. The van der Waals surface area contributed by atoms with E-state index >= 15 is 0 Å². The molecule has 3 N–H and O–H groups in total. The minimum absolute atomic E-state index is 0.106.